The van der Waals surface area contributed by atoms with Crippen molar-refractivity contribution in [2.45, 2.75) is 66.0 Å². The standard InChI is InChI=1S/C24H31N2O7P/c1-23(2,3)32-25-21(27)19-11-7-17(8-12-19)15-30-34(29)31-16-18-9-13-20(14-10-18)22(28)26-33-24(4,5)6/h7-14H,15-16H2,1-6H3,(H-,25,26,27,28)/p+1. The van der Waals surface area contributed by atoms with Crippen molar-refractivity contribution >= 4 is 20.1 Å². The lowest BCUT2D eigenvalue weighted by Crippen LogP contribution is -2.33. The smallest absolute Gasteiger partial charge is 0.268 e. The second-order valence-corrected chi connectivity index (χ2v) is 10.4. The van der Waals surface area contributed by atoms with Crippen LogP contribution in [0.2, 0.25) is 0 Å². The molecule has 10 heteroatoms. The summed E-state index contributed by atoms with van der Waals surface area (Å²) in [6, 6.07) is 13.3. The zero-order valence-corrected chi connectivity index (χ0v) is 21.2. The summed E-state index contributed by atoms with van der Waals surface area (Å²) in [5.41, 5.74) is 6.12. The summed E-state index contributed by atoms with van der Waals surface area (Å²) < 4.78 is 22.5. The van der Waals surface area contributed by atoms with E-state index in [1.165, 1.54) is 0 Å². The maximum atomic E-state index is 12.1. The molecule has 34 heavy (non-hydrogen) atoms. The number of carbonyl (C=O) groups is 2. The predicted molar refractivity (Wildman–Crippen MR) is 127 cm³/mol. The van der Waals surface area contributed by atoms with Crippen molar-refractivity contribution in [1.29, 1.82) is 0 Å². The van der Waals surface area contributed by atoms with E-state index in [1.54, 1.807) is 48.5 Å². The Bertz CT molecular complexity index is 899. The van der Waals surface area contributed by atoms with E-state index in [-0.39, 0.29) is 25.0 Å². The van der Waals surface area contributed by atoms with Gasteiger partial charge in [0.25, 0.3) is 11.8 Å². The van der Waals surface area contributed by atoms with Crippen molar-refractivity contribution in [2.24, 2.45) is 0 Å². The second kappa shape index (κ2) is 12.1. The Morgan fingerprint density at radius 1 is 0.676 bits per heavy atom. The first-order chi connectivity index (χ1) is 15.8. The molecular formula is C24H32N2O7P+. The molecular weight excluding hydrogens is 459 g/mol. The minimum Gasteiger partial charge on any atom is -0.268 e. The van der Waals surface area contributed by atoms with E-state index in [9.17, 15) is 14.2 Å². The number of amides is 2. The summed E-state index contributed by atoms with van der Waals surface area (Å²) >= 11 is 0. The van der Waals surface area contributed by atoms with Gasteiger partial charge in [0.2, 0.25) is 0 Å². The van der Waals surface area contributed by atoms with Crippen molar-refractivity contribution in [3.63, 3.8) is 0 Å². The Labute approximate surface area is 201 Å². The van der Waals surface area contributed by atoms with Crippen LogP contribution < -0.4 is 11.0 Å². The van der Waals surface area contributed by atoms with Gasteiger partial charge in [-0.15, -0.1) is 9.05 Å². The summed E-state index contributed by atoms with van der Waals surface area (Å²) in [7, 11) is -2.35. The number of nitrogens with one attached hydrogen (secondary N) is 2. The molecule has 0 unspecified atom stereocenters. The van der Waals surface area contributed by atoms with Crippen molar-refractivity contribution in [3.8, 4) is 0 Å². The van der Waals surface area contributed by atoms with Gasteiger partial charge in [-0.25, -0.2) is 11.0 Å². The number of rotatable bonds is 10. The molecule has 0 bridgehead atoms. The molecule has 2 amide bonds. The fraction of sp³-hybridized carbons (Fsp3) is 0.417. The largest absolute Gasteiger partial charge is 0.698 e. The fourth-order valence-corrected chi connectivity index (χ4v) is 2.90. The summed E-state index contributed by atoms with van der Waals surface area (Å²) in [6.45, 7) is 11.1. The molecule has 184 valence electrons. The van der Waals surface area contributed by atoms with Gasteiger partial charge in [-0.05, 0) is 76.9 Å². The first-order valence-corrected chi connectivity index (χ1v) is 11.8. The van der Waals surface area contributed by atoms with Crippen LogP contribution in [0.5, 0.6) is 0 Å². The highest BCUT2D eigenvalue weighted by molar-refractivity contribution is 7.33. The van der Waals surface area contributed by atoms with Gasteiger partial charge < -0.3 is 0 Å². The molecule has 0 fully saturated rings. The maximum absolute atomic E-state index is 12.1. The zero-order valence-electron chi connectivity index (χ0n) is 20.3. The average Bonchev–Trinajstić information content (AvgIpc) is 2.78. The molecule has 2 N–H and O–H groups in total. The van der Waals surface area contributed by atoms with E-state index < -0.39 is 19.5 Å². The number of carbonyl (C=O) groups excluding carboxylic acids is 2. The monoisotopic (exact) mass is 491 g/mol. The molecule has 0 atom stereocenters. The normalized spacial score (nSPS) is 11.7. The first-order valence-electron chi connectivity index (χ1n) is 10.7. The van der Waals surface area contributed by atoms with Crippen molar-refractivity contribution < 1.29 is 32.9 Å². The lowest BCUT2D eigenvalue weighted by atomic mass is 10.1. The molecule has 2 rings (SSSR count). The molecule has 2 aromatic rings. The van der Waals surface area contributed by atoms with Crippen LogP contribution in [0.15, 0.2) is 48.5 Å². The zero-order chi connectivity index (χ0) is 25.4. The van der Waals surface area contributed by atoms with Crippen LogP contribution in [0.4, 0.5) is 0 Å². The number of benzene rings is 2. The predicted octanol–water partition coefficient (Wildman–Crippen LogP) is 5.00. The van der Waals surface area contributed by atoms with E-state index in [4.69, 9.17) is 18.7 Å². The first kappa shape index (κ1) is 27.6. The van der Waals surface area contributed by atoms with Crippen LogP contribution in [-0.2, 0) is 36.5 Å². The Kier molecular flexibility index (Phi) is 9.85. The summed E-state index contributed by atoms with van der Waals surface area (Å²) in [6.07, 6.45) is 0. The van der Waals surface area contributed by atoms with E-state index >= 15 is 0 Å². The highest BCUT2D eigenvalue weighted by Gasteiger charge is 2.21. The molecule has 0 spiro atoms. The fourth-order valence-electron chi connectivity index (χ4n) is 2.31. The van der Waals surface area contributed by atoms with Crippen LogP contribution >= 0.6 is 8.25 Å². The molecule has 0 aliphatic rings. The van der Waals surface area contributed by atoms with Gasteiger partial charge in [0.05, 0.1) is 11.2 Å². The van der Waals surface area contributed by atoms with Gasteiger partial charge in [-0.2, -0.15) is 0 Å². The van der Waals surface area contributed by atoms with Gasteiger partial charge in [-0.1, -0.05) is 24.3 Å². The van der Waals surface area contributed by atoms with E-state index in [0.29, 0.717) is 11.1 Å². The summed E-state index contributed by atoms with van der Waals surface area (Å²) in [5.74, 6) is -0.718. The molecule has 0 aromatic heterocycles. The molecule has 0 radical (unpaired) electrons. The van der Waals surface area contributed by atoms with Crippen LogP contribution in [0, 0.1) is 0 Å². The van der Waals surface area contributed by atoms with Gasteiger partial charge in [0.15, 0.2) is 0 Å². The Hall–Kier alpha value is -2.68. The van der Waals surface area contributed by atoms with E-state index in [2.05, 4.69) is 11.0 Å². The van der Waals surface area contributed by atoms with Crippen molar-refractivity contribution in [3.05, 3.63) is 70.8 Å². The summed E-state index contributed by atoms with van der Waals surface area (Å²) in [5, 5.41) is 0. The molecule has 0 saturated carbocycles. The van der Waals surface area contributed by atoms with Gasteiger partial charge in [-0.3, -0.25) is 19.3 Å². The minimum atomic E-state index is -2.35. The molecule has 0 saturated heterocycles. The average molecular weight is 492 g/mol. The van der Waals surface area contributed by atoms with Crippen LogP contribution in [0.3, 0.4) is 0 Å². The lowest BCUT2D eigenvalue weighted by molar-refractivity contribution is -0.0590. The van der Waals surface area contributed by atoms with Gasteiger partial charge >= 0.3 is 8.25 Å². The van der Waals surface area contributed by atoms with Crippen LogP contribution in [-0.4, -0.2) is 23.0 Å². The highest BCUT2D eigenvalue weighted by atomic mass is 31.1. The second-order valence-electron chi connectivity index (χ2n) is 9.46. The van der Waals surface area contributed by atoms with Crippen LogP contribution in [0.1, 0.15) is 73.4 Å². The third-order valence-electron chi connectivity index (χ3n) is 4.01. The number of hydroxylamine groups is 2. The SMILES string of the molecule is CC(C)(C)ONC(=O)c1ccc(CO[P+](=O)OCc2ccc(C(=O)NOC(C)(C)C)cc2)cc1. The topological polar surface area (TPSA) is 112 Å². The van der Waals surface area contributed by atoms with Crippen molar-refractivity contribution in [1.82, 2.24) is 11.0 Å². The molecule has 0 heterocycles. The molecule has 9 nitrogen and oxygen atoms in total. The molecule has 0 aliphatic carbocycles. The number of hydrogen-bond donors (Lipinski definition) is 2. The molecule has 0 aliphatic heterocycles. The third kappa shape index (κ3) is 10.5. The Morgan fingerprint density at radius 2 is 1.00 bits per heavy atom. The highest BCUT2D eigenvalue weighted by Crippen LogP contribution is 2.27. The van der Waals surface area contributed by atoms with Crippen LogP contribution in [0.25, 0.3) is 0 Å². The van der Waals surface area contributed by atoms with E-state index in [0.717, 1.165) is 11.1 Å². The third-order valence-corrected chi connectivity index (χ3v) is 4.69. The van der Waals surface area contributed by atoms with Gasteiger partial charge in [0.1, 0.15) is 13.2 Å². The van der Waals surface area contributed by atoms with Gasteiger partial charge in [0, 0.05) is 15.7 Å². The van der Waals surface area contributed by atoms with Crippen molar-refractivity contribution in [2.75, 3.05) is 0 Å². The lowest BCUT2D eigenvalue weighted by Gasteiger charge is -2.18. The minimum absolute atomic E-state index is 0.0580. The molecule has 2 aromatic carbocycles. The number of hydrogen-bond acceptors (Lipinski definition) is 7. The van der Waals surface area contributed by atoms with E-state index in [1.807, 2.05) is 41.5 Å². The Morgan fingerprint density at radius 3 is 1.29 bits per heavy atom. The summed E-state index contributed by atoms with van der Waals surface area (Å²) in [4.78, 5) is 34.6. The maximum Gasteiger partial charge on any atom is 0.698 e. The Balaban J connectivity index is 1.75. The quantitative estimate of drug-likeness (QED) is 0.355.